The normalized spacial score (nSPS) is 20.0. The zero-order chi connectivity index (χ0) is 19.7. The summed E-state index contributed by atoms with van der Waals surface area (Å²) in [7, 11) is 0. The molecule has 0 aliphatic heterocycles. The molecule has 3 aromatic heterocycles. The highest BCUT2D eigenvalue weighted by atomic mass is 79.9. The number of hydrogen-bond donors (Lipinski definition) is 3. The highest BCUT2D eigenvalue weighted by Gasteiger charge is 2.21. The third-order valence-corrected chi connectivity index (χ3v) is 5.58. The lowest BCUT2D eigenvalue weighted by molar-refractivity contribution is 0.410. The van der Waals surface area contributed by atoms with Crippen molar-refractivity contribution in [2.45, 2.75) is 64.2 Å². The van der Waals surface area contributed by atoms with Crippen molar-refractivity contribution in [3.05, 3.63) is 28.9 Å². The van der Waals surface area contributed by atoms with Gasteiger partial charge in [0.2, 0.25) is 5.95 Å². The Labute approximate surface area is 172 Å². The van der Waals surface area contributed by atoms with Gasteiger partial charge in [0.1, 0.15) is 0 Å². The van der Waals surface area contributed by atoms with Crippen LogP contribution in [0.5, 0.6) is 0 Å². The van der Waals surface area contributed by atoms with Gasteiger partial charge >= 0.3 is 0 Å². The summed E-state index contributed by atoms with van der Waals surface area (Å²) in [5.41, 5.74) is 8.66. The molecule has 0 unspecified atom stereocenters. The molecule has 0 bridgehead atoms. The summed E-state index contributed by atoms with van der Waals surface area (Å²) >= 11 is 3.33. The molecule has 0 saturated heterocycles. The Morgan fingerprint density at radius 3 is 2.75 bits per heavy atom. The Bertz CT molecular complexity index is 943. The monoisotopic (exact) mass is 447 g/mol. The summed E-state index contributed by atoms with van der Waals surface area (Å²) in [5, 5.41) is 6.89. The van der Waals surface area contributed by atoms with Crippen molar-refractivity contribution in [1.29, 1.82) is 0 Å². The van der Waals surface area contributed by atoms with E-state index < -0.39 is 0 Å². The number of nitrogens with two attached hydrogens (primary N) is 1. The molecule has 1 saturated carbocycles. The van der Waals surface area contributed by atoms with Gasteiger partial charge in [0.15, 0.2) is 21.7 Å². The quantitative estimate of drug-likeness (QED) is 0.522. The average molecular weight is 448 g/mol. The van der Waals surface area contributed by atoms with Crippen molar-refractivity contribution in [3.8, 4) is 0 Å². The first-order valence-corrected chi connectivity index (χ1v) is 10.5. The van der Waals surface area contributed by atoms with Crippen LogP contribution in [0, 0.1) is 0 Å². The Morgan fingerprint density at radius 2 is 2.07 bits per heavy atom. The van der Waals surface area contributed by atoms with E-state index in [4.69, 9.17) is 20.1 Å². The third-order valence-electron chi connectivity index (χ3n) is 5.16. The standard InChI is InChI=1S/C19H26BrN7O/c1-11(2)27-10-23-16-17(22-8-12-7-15(20)28-9-12)25-19(26-18(16)27)24-14-5-3-13(21)4-6-14/h7,9-11,13-14H,3-6,8,21H2,1-2H3,(H2,22,24,25,26). The van der Waals surface area contributed by atoms with E-state index in [-0.39, 0.29) is 6.04 Å². The maximum atomic E-state index is 6.03. The van der Waals surface area contributed by atoms with Crippen LogP contribution in [0.4, 0.5) is 11.8 Å². The van der Waals surface area contributed by atoms with E-state index in [1.54, 1.807) is 6.26 Å². The molecule has 3 heterocycles. The molecule has 4 rings (SSSR count). The first kappa shape index (κ1) is 19.2. The maximum absolute atomic E-state index is 6.03. The van der Waals surface area contributed by atoms with E-state index in [0.29, 0.717) is 29.2 Å². The highest BCUT2D eigenvalue weighted by Crippen LogP contribution is 2.26. The molecule has 4 N–H and O–H groups in total. The molecule has 1 aliphatic carbocycles. The van der Waals surface area contributed by atoms with Gasteiger partial charge in [-0.2, -0.15) is 9.97 Å². The summed E-state index contributed by atoms with van der Waals surface area (Å²) in [5.74, 6) is 1.35. The lowest BCUT2D eigenvalue weighted by Gasteiger charge is -2.27. The Hall–Kier alpha value is -2.13. The van der Waals surface area contributed by atoms with Crippen LogP contribution in [-0.2, 0) is 6.54 Å². The van der Waals surface area contributed by atoms with Gasteiger partial charge in [0, 0.05) is 30.2 Å². The summed E-state index contributed by atoms with van der Waals surface area (Å²) in [4.78, 5) is 14.0. The Morgan fingerprint density at radius 1 is 1.29 bits per heavy atom. The molecule has 150 valence electrons. The minimum atomic E-state index is 0.262. The fourth-order valence-corrected chi connectivity index (χ4v) is 3.94. The van der Waals surface area contributed by atoms with E-state index in [0.717, 1.165) is 48.2 Å². The van der Waals surface area contributed by atoms with Crippen LogP contribution in [0.15, 0.2) is 27.7 Å². The lowest BCUT2D eigenvalue weighted by atomic mass is 9.92. The number of halogens is 1. The molecule has 0 radical (unpaired) electrons. The first-order valence-electron chi connectivity index (χ1n) is 9.73. The third kappa shape index (κ3) is 4.15. The Balaban J connectivity index is 1.62. The van der Waals surface area contributed by atoms with Gasteiger partial charge in [-0.1, -0.05) is 0 Å². The van der Waals surface area contributed by atoms with Crippen molar-refractivity contribution < 1.29 is 4.42 Å². The van der Waals surface area contributed by atoms with Crippen LogP contribution in [0.2, 0.25) is 0 Å². The van der Waals surface area contributed by atoms with Crippen molar-refractivity contribution in [2.24, 2.45) is 5.73 Å². The minimum Gasteiger partial charge on any atom is -0.457 e. The van der Waals surface area contributed by atoms with Crippen LogP contribution in [0.25, 0.3) is 11.2 Å². The molecule has 0 aromatic carbocycles. The van der Waals surface area contributed by atoms with Gasteiger partial charge in [-0.25, -0.2) is 4.98 Å². The number of aromatic nitrogens is 4. The number of imidazole rings is 1. The van der Waals surface area contributed by atoms with Gasteiger partial charge in [0.05, 0.1) is 12.6 Å². The molecule has 28 heavy (non-hydrogen) atoms. The van der Waals surface area contributed by atoms with Crippen LogP contribution in [0.3, 0.4) is 0 Å². The fourth-order valence-electron chi connectivity index (χ4n) is 3.55. The molecule has 3 aromatic rings. The van der Waals surface area contributed by atoms with Crippen LogP contribution >= 0.6 is 15.9 Å². The summed E-state index contributed by atoms with van der Waals surface area (Å²) < 4.78 is 8.09. The van der Waals surface area contributed by atoms with Gasteiger partial charge in [0.25, 0.3) is 0 Å². The predicted octanol–water partition coefficient (Wildman–Crippen LogP) is 4.06. The highest BCUT2D eigenvalue weighted by molar-refractivity contribution is 9.10. The second-order valence-corrected chi connectivity index (χ2v) is 8.46. The molecule has 8 nitrogen and oxygen atoms in total. The van der Waals surface area contributed by atoms with Crippen LogP contribution < -0.4 is 16.4 Å². The first-order chi connectivity index (χ1) is 13.5. The van der Waals surface area contributed by atoms with Gasteiger partial charge in [-0.15, -0.1) is 0 Å². The van der Waals surface area contributed by atoms with Gasteiger partial charge < -0.3 is 25.4 Å². The van der Waals surface area contributed by atoms with Crippen molar-refractivity contribution in [1.82, 2.24) is 19.5 Å². The fraction of sp³-hybridized carbons (Fsp3) is 0.526. The largest absolute Gasteiger partial charge is 0.457 e. The van der Waals surface area contributed by atoms with E-state index in [1.807, 2.05) is 12.4 Å². The molecule has 9 heteroatoms. The number of fused-ring (bicyclic) bond motifs is 1. The van der Waals surface area contributed by atoms with Crippen molar-refractivity contribution >= 4 is 38.9 Å². The molecular formula is C19H26BrN7O. The number of anilines is 2. The zero-order valence-corrected chi connectivity index (χ0v) is 17.7. The SMILES string of the molecule is CC(C)n1cnc2c(NCc3coc(Br)c3)nc(NC3CCC(N)CC3)nc21. The second kappa shape index (κ2) is 8.08. The number of rotatable bonds is 6. The zero-order valence-electron chi connectivity index (χ0n) is 16.2. The minimum absolute atomic E-state index is 0.262. The maximum Gasteiger partial charge on any atom is 0.227 e. The molecule has 0 atom stereocenters. The number of furan rings is 1. The Kier molecular flexibility index (Phi) is 5.54. The summed E-state index contributed by atoms with van der Waals surface area (Å²) in [6.07, 6.45) is 7.68. The molecule has 1 aliphatic rings. The van der Waals surface area contributed by atoms with E-state index in [1.165, 1.54) is 0 Å². The average Bonchev–Trinajstić information content (AvgIpc) is 3.28. The summed E-state index contributed by atoms with van der Waals surface area (Å²) in [6, 6.07) is 2.86. The molecule has 0 spiro atoms. The van der Waals surface area contributed by atoms with Crippen LogP contribution in [0.1, 0.15) is 51.1 Å². The second-order valence-electron chi connectivity index (χ2n) is 7.68. The van der Waals surface area contributed by atoms with Gasteiger partial charge in [-0.05, 0) is 61.5 Å². The number of nitrogens with one attached hydrogen (secondary N) is 2. The summed E-state index contributed by atoms with van der Waals surface area (Å²) in [6.45, 7) is 4.83. The van der Waals surface area contributed by atoms with E-state index in [9.17, 15) is 0 Å². The molecular weight excluding hydrogens is 422 g/mol. The molecule has 0 amide bonds. The van der Waals surface area contributed by atoms with Crippen molar-refractivity contribution in [2.75, 3.05) is 10.6 Å². The van der Waals surface area contributed by atoms with E-state index >= 15 is 0 Å². The molecule has 1 fully saturated rings. The topological polar surface area (TPSA) is 107 Å². The number of nitrogens with zero attached hydrogens (tertiary/aromatic N) is 4. The predicted molar refractivity (Wildman–Crippen MR) is 113 cm³/mol. The smallest absolute Gasteiger partial charge is 0.227 e. The van der Waals surface area contributed by atoms with Crippen molar-refractivity contribution in [3.63, 3.8) is 0 Å². The lowest BCUT2D eigenvalue weighted by Crippen LogP contribution is -2.33. The van der Waals surface area contributed by atoms with Crippen LogP contribution in [-0.4, -0.2) is 31.6 Å². The van der Waals surface area contributed by atoms with E-state index in [2.05, 4.69) is 50.0 Å². The van der Waals surface area contributed by atoms with Gasteiger partial charge in [-0.3, -0.25) is 0 Å². The number of hydrogen-bond acceptors (Lipinski definition) is 7.